The summed E-state index contributed by atoms with van der Waals surface area (Å²) < 4.78 is 10.4. The molecule has 1 aliphatic carbocycles. The van der Waals surface area contributed by atoms with Gasteiger partial charge in [0.2, 0.25) is 0 Å². The highest BCUT2D eigenvalue weighted by atomic mass is 16.5. The SMILES string of the molecule is CCOC(=O)CNC(=O)Nc1ccc(N2CCN(c3ccccc3OC)CC2)c(C(=O)NC2CCCCC2)c1. The number of rotatable bonds is 9. The van der Waals surface area contributed by atoms with Crippen LogP contribution in [0, 0.1) is 0 Å². The smallest absolute Gasteiger partial charge is 0.325 e. The van der Waals surface area contributed by atoms with Crippen molar-refractivity contribution in [2.45, 2.75) is 45.1 Å². The Morgan fingerprint density at radius 2 is 1.62 bits per heavy atom. The summed E-state index contributed by atoms with van der Waals surface area (Å²) in [5.41, 5.74) is 2.89. The van der Waals surface area contributed by atoms with Gasteiger partial charge < -0.3 is 35.2 Å². The summed E-state index contributed by atoms with van der Waals surface area (Å²) in [6.07, 6.45) is 5.39. The second kappa shape index (κ2) is 13.7. The first-order chi connectivity index (χ1) is 19.0. The minimum atomic E-state index is -0.542. The first kappa shape index (κ1) is 28.1. The first-order valence-electron chi connectivity index (χ1n) is 13.8. The van der Waals surface area contributed by atoms with Gasteiger partial charge in [0, 0.05) is 43.6 Å². The molecule has 0 bridgehead atoms. The van der Waals surface area contributed by atoms with E-state index < -0.39 is 12.0 Å². The summed E-state index contributed by atoms with van der Waals surface area (Å²) in [5.74, 6) is 0.192. The van der Waals surface area contributed by atoms with Crippen molar-refractivity contribution < 1.29 is 23.9 Å². The molecule has 3 N–H and O–H groups in total. The van der Waals surface area contributed by atoms with Crippen molar-refractivity contribution in [3.63, 3.8) is 0 Å². The van der Waals surface area contributed by atoms with E-state index in [1.807, 2.05) is 24.3 Å². The van der Waals surface area contributed by atoms with Gasteiger partial charge in [0.15, 0.2) is 0 Å². The fraction of sp³-hybridized carbons (Fsp3) is 0.483. The summed E-state index contributed by atoms with van der Waals surface area (Å²) in [7, 11) is 1.68. The van der Waals surface area contributed by atoms with Crippen LogP contribution in [-0.2, 0) is 9.53 Å². The van der Waals surface area contributed by atoms with E-state index in [4.69, 9.17) is 9.47 Å². The maximum absolute atomic E-state index is 13.5. The first-order valence-corrected chi connectivity index (χ1v) is 13.8. The Morgan fingerprint density at radius 3 is 2.31 bits per heavy atom. The lowest BCUT2D eigenvalue weighted by molar-refractivity contribution is -0.141. The van der Waals surface area contributed by atoms with Gasteiger partial charge in [-0.05, 0) is 50.1 Å². The normalized spacial score (nSPS) is 15.8. The van der Waals surface area contributed by atoms with Crippen LogP contribution in [0.1, 0.15) is 49.4 Å². The average molecular weight is 538 g/mol. The van der Waals surface area contributed by atoms with Gasteiger partial charge in [-0.25, -0.2) is 4.79 Å². The minimum absolute atomic E-state index is 0.139. The third-order valence-electron chi connectivity index (χ3n) is 7.18. The largest absolute Gasteiger partial charge is 0.495 e. The van der Waals surface area contributed by atoms with Gasteiger partial charge in [-0.3, -0.25) is 9.59 Å². The highest BCUT2D eigenvalue weighted by Gasteiger charge is 2.25. The molecule has 1 heterocycles. The summed E-state index contributed by atoms with van der Waals surface area (Å²) in [5, 5.41) is 8.43. The minimum Gasteiger partial charge on any atom is -0.495 e. The van der Waals surface area contributed by atoms with Crippen molar-refractivity contribution in [2.75, 3.05) is 61.6 Å². The lowest BCUT2D eigenvalue weighted by atomic mass is 9.95. The highest BCUT2D eigenvalue weighted by Crippen LogP contribution is 2.31. The van der Waals surface area contributed by atoms with Crippen molar-refractivity contribution in [3.05, 3.63) is 48.0 Å². The molecule has 210 valence electrons. The standard InChI is InChI=1S/C29H39N5O5/c1-3-39-27(35)20-30-29(37)32-22-13-14-24(23(19-22)28(36)31-21-9-5-4-6-10-21)33-15-17-34(18-16-33)25-11-7-8-12-26(25)38-2/h7-8,11-14,19,21H,3-6,9-10,15-18,20H2,1-2H3,(H,31,36)(H2,30,32,37). The topological polar surface area (TPSA) is 112 Å². The van der Waals surface area contributed by atoms with Crippen LogP contribution in [0.2, 0.25) is 0 Å². The number of amides is 3. The van der Waals surface area contributed by atoms with Crippen LogP contribution in [0.5, 0.6) is 5.75 Å². The molecule has 3 amide bonds. The van der Waals surface area contributed by atoms with Crippen LogP contribution in [0.3, 0.4) is 0 Å². The van der Waals surface area contributed by atoms with Crippen molar-refractivity contribution >= 4 is 35.0 Å². The molecule has 0 aromatic heterocycles. The van der Waals surface area contributed by atoms with Crippen molar-refractivity contribution in [2.24, 2.45) is 0 Å². The summed E-state index contributed by atoms with van der Waals surface area (Å²) in [6, 6.07) is 13.0. The predicted octanol–water partition coefficient (Wildman–Crippen LogP) is 3.77. The van der Waals surface area contributed by atoms with Crippen LogP contribution in [0.25, 0.3) is 0 Å². The Balaban J connectivity index is 1.48. The van der Waals surface area contributed by atoms with Crippen molar-refractivity contribution in [1.82, 2.24) is 10.6 Å². The number of benzene rings is 2. The van der Waals surface area contributed by atoms with E-state index in [2.05, 4.69) is 31.8 Å². The van der Waals surface area contributed by atoms with Crippen molar-refractivity contribution in [1.29, 1.82) is 0 Å². The van der Waals surface area contributed by atoms with E-state index in [1.165, 1.54) is 6.42 Å². The number of ether oxygens (including phenoxy) is 2. The number of carbonyl (C=O) groups excluding carboxylic acids is 3. The molecule has 4 rings (SSSR count). The van der Waals surface area contributed by atoms with Gasteiger partial charge in [0.25, 0.3) is 5.91 Å². The fourth-order valence-corrected chi connectivity index (χ4v) is 5.20. The quantitative estimate of drug-likeness (QED) is 0.418. The van der Waals surface area contributed by atoms with Crippen LogP contribution in [0.15, 0.2) is 42.5 Å². The fourth-order valence-electron chi connectivity index (χ4n) is 5.20. The number of hydrogen-bond donors (Lipinski definition) is 3. The summed E-state index contributed by atoms with van der Waals surface area (Å²) in [4.78, 5) is 42.0. The molecule has 2 aromatic carbocycles. The number of esters is 1. The predicted molar refractivity (Wildman–Crippen MR) is 152 cm³/mol. The molecule has 10 heteroatoms. The zero-order valence-corrected chi connectivity index (χ0v) is 22.8. The number of piperazine rings is 1. The third-order valence-corrected chi connectivity index (χ3v) is 7.18. The Bertz CT molecular complexity index is 1140. The second-order valence-electron chi connectivity index (χ2n) is 9.80. The number of hydrogen-bond acceptors (Lipinski definition) is 7. The molecule has 10 nitrogen and oxygen atoms in total. The Labute approximate surface area is 230 Å². The van der Waals surface area contributed by atoms with E-state index in [1.54, 1.807) is 26.2 Å². The maximum atomic E-state index is 13.5. The molecule has 0 spiro atoms. The van der Waals surface area contributed by atoms with Crippen molar-refractivity contribution in [3.8, 4) is 5.75 Å². The van der Waals surface area contributed by atoms with Gasteiger partial charge >= 0.3 is 12.0 Å². The molecule has 1 saturated carbocycles. The van der Waals surface area contributed by atoms with Crippen LogP contribution < -0.4 is 30.5 Å². The number of anilines is 3. The molecule has 2 fully saturated rings. The molecule has 1 saturated heterocycles. The average Bonchev–Trinajstić information content (AvgIpc) is 2.97. The molecule has 0 radical (unpaired) electrons. The van der Waals surface area contributed by atoms with Crippen LogP contribution >= 0.6 is 0 Å². The Morgan fingerprint density at radius 1 is 0.923 bits per heavy atom. The zero-order valence-electron chi connectivity index (χ0n) is 22.8. The molecule has 2 aliphatic rings. The molecule has 39 heavy (non-hydrogen) atoms. The molecule has 0 unspecified atom stereocenters. The lowest BCUT2D eigenvalue weighted by Gasteiger charge is -2.38. The maximum Gasteiger partial charge on any atom is 0.325 e. The van der Waals surface area contributed by atoms with Crippen LogP contribution in [-0.4, -0.2) is 70.4 Å². The number of para-hydroxylation sites is 2. The van der Waals surface area contributed by atoms with E-state index in [9.17, 15) is 14.4 Å². The number of methoxy groups -OCH3 is 1. The molecular formula is C29H39N5O5. The number of nitrogens with one attached hydrogen (secondary N) is 3. The molecule has 2 aromatic rings. The van der Waals surface area contributed by atoms with Crippen LogP contribution in [0.4, 0.5) is 21.9 Å². The van der Waals surface area contributed by atoms with Gasteiger partial charge in [-0.2, -0.15) is 0 Å². The van der Waals surface area contributed by atoms with Gasteiger partial charge in [-0.15, -0.1) is 0 Å². The van der Waals surface area contributed by atoms with E-state index in [0.717, 1.165) is 69.0 Å². The molecular weight excluding hydrogens is 498 g/mol. The monoisotopic (exact) mass is 537 g/mol. The van der Waals surface area contributed by atoms with E-state index >= 15 is 0 Å². The Kier molecular flexibility index (Phi) is 9.88. The lowest BCUT2D eigenvalue weighted by Crippen LogP contribution is -2.47. The van der Waals surface area contributed by atoms with Gasteiger partial charge in [0.05, 0.1) is 25.0 Å². The summed E-state index contributed by atoms with van der Waals surface area (Å²) in [6.45, 7) is 4.74. The third kappa shape index (κ3) is 7.55. The number of nitrogens with zero attached hydrogens (tertiary/aromatic N) is 2. The summed E-state index contributed by atoms with van der Waals surface area (Å²) >= 11 is 0. The Hall–Kier alpha value is -3.95. The zero-order chi connectivity index (χ0) is 27.6. The molecule has 0 atom stereocenters. The number of urea groups is 1. The highest BCUT2D eigenvalue weighted by molar-refractivity contribution is 6.02. The number of carbonyl (C=O) groups is 3. The second-order valence-corrected chi connectivity index (χ2v) is 9.80. The van der Waals surface area contributed by atoms with E-state index in [-0.39, 0.29) is 25.1 Å². The molecule has 1 aliphatic heterocycles. The van der Waals surface area contributed by atoms with E-state index in [0.29, 0.717) is 11.3 Å². The van der Waals surface area contributed by atoms with Gasteiger partial charge in [0.1, 0.15) is 12.3 Å². The van der Waals surface area contributed by atoms with Gasteiger partial charge in [-0.1, -0.05) is 31.4 Å².